The maximum atomic E-state index is 6.12. The van der Waals surface area contributed by atoms with E-state index in [1.165, 1.54) is 5.56 Å². The van der Waals surface area contributed by atoms with Crippen molar-refractivity contribution in [2.45, 2.75) is 11.4 Å². The molecule has 2 aromatic rings. The molecule has 0 aliphatic rings. The minimum atomic E-state index is 0.0359. The molecule has 0 saturated heterocycles. The van der Waals surface area contributed by atoms with Gasteiger partial charge in [0, 0.05) is 16.6 Å². The van der Waals surface area contributed by atoms with Crippen molar-refractivity contribution in [2.24, 2.45) is 0 Å². The van der Waals surface area contributed by atoms with Crippen LogP contribution in [0.25, 0.3) is 0 Å². The van der Waals surface area contributed by atoms with Gasteiger partial charge in [0.1, 0.15) is 0 Å². The number of benzene rings is 2. The van der Waals surface area contributed by atoms with Gasteiger partial charge in [0.2, 0.25) is 0 Å². The summed E-state index contributed by atoms with van der Waals surface area (Å²) in [4.78, 5) is 0.0359. The average molecular weight is 358 g/mol. The molecule has 0 fully saturated rings. The predicted octanol–water partition coefficient (Wildman–Crippen LogP) is 5.02. The van der Waals surface area contributed by atoms with E-state index in [0.29, 0.717) is 5.02 Å². The van der Waals surface area contributed by atoms with Gasteiger partial charge in [-0.2, -0.15) is 0 Å². The lowest BCUT2D eigenvalue weighted by Gasteiger charge is -2.14. The van der Waals surface area contributed by atoms with Gasteiger partial charge in [0.25, 0.3) is 0 Å². The zero-order valence-corrected chi connectivity index (χ0v) is 13.3. The third kappa shape index (κ3) is 4.50. The van der Waals surface area contributed by atoms with Crippen LogP contribution in [0.5, 0.6) is 0 Å². The first-order valence-electron chi connectivity index (χ1n) is 5.94. The van der Waals surface area contributed by atoms with Crippen LogP contribution in [0.1, 0.15) is 16.1 Å². The van der Waals surface area contributed by atoms with Crippen molar-refractivity contribution >= 4 is 39.1 Å². The number of hydrogen-bond acceptors (Lipinski definition) is 1. The van der Waals surface area contributed by atoms with Crippen LogP contribution in [0.15, 0.2) is 42.5 Å². The lowest BCUT2D eigenvalue weighted by atomic mass is 10.1. The van der Waals surface area contributed by atoms with E-state index in [0.717, 1.165) is 23.6 Å². The summed E-state index contributed by atoms with van der Waals surface area (Å²) in [7, 11) is 0. The molecule has 2 rings (SSSR count). The monoisotopic (exact) mass is 356 g/mol. The quantitative estimate of drug-likeness (QED) is 0.585. The maximum Gasteiger partial charge on any atom is 0.0901 e. The molecule has 19 heavy (non-hydrogen) atoms. The maximum absolute atomic E-state index is 6.12. The van der Waals surface area contributed by atoms with Crippen LogP contribution in [-0.2, 0) is 6.42 Å². The van der Waals surface area contributed by atoms with Gasteiger partial charge in [-0.25, -0.2) is 0 Å². The van der Waals surface area contributed by atoms with Crippen molar-refractivity contribution in [3.63, 3.8) is 0 Å². The van der Waals surface area contributed by atoms with E-state index in [4.69, 9.17) is 23.2 Å². The number of alkyl halides is 1. The Morgan fingerprint density at radius 1 is 1.26 bits per heavy atom. The molecule has 1 nitrogen and oxygen atoms in total. The second-order valence-electron chi connectivity index (χ2n) is 4.14. The zero-order chi connectivity index (χ0) is 13.7. The summed E-state index contributed by atoms with van der Waals surface area (Å²) < 4.78 is 0. The molecule has 0 heterocycles. The molecule has 1 atom stereocenters. The molecule has 0 aromatic heterocycles. The second-order valence-corrected chi connectivity index (χ2v) is 5.90. The van der Waals surface area contributed by atoms with Gasteiger partial charge in [-0.05, 0) is 41.8 Å². The van der Waals surface area contributed by atoms with E-state index >= 15 is 0 Å². The molecule has 1 unspecified atom stereocenters. The van der Waals surface area contributed by atoms with Crippen molar-refractivity contribution in [3.05, 3.63) is 69.7 Å². The minimum absolute atomic E-state index is 0.0359. The van der Waals surface area contributed by atoms with E-state index < -0.39 is 0 Å². The van der Waals surface area contributed by atoms with Crippen molar-refractivity contribution in [2.75, 3.05) is 6.54 Å². The van der Waals surface area contributed by atoms with Crippen molar-refractivity contribution < 1.29 is 0 Å². The fourth-order valence-corrected chi connectivity index (χ4v) is 2.98. The summed E-state index contributed by atoms with van der Waals surface area (Å²) in [5.74, 6) is 0. The molecular formula is C15H13BrCl2N. The van der Waals surface area contributed by atoms with E-state index in [1.807, 2.05) is 30.3 Å². The Balaban J connectivity index is 1.88. The van der Waals surface area contributed by atoms with Gasteiger partial charge in [-0.3, -0.25) is 0 Å². The first-order chi connectivity index (χ1) is 9.16. The lowest BCUT2D eigenvalue weighted by molar-refractivity contribution is 0.681. The van der Waals surface area contributed by atoms with Crippen LogP contribution in [0.3, 0.4) is 0 Å². The van der Waals surface area contributed by atoms with E-state index in [9.17, 15) is 0 Å². The fourth-order valence-electron chi connectivity index (χ4n) is 1.77. The first-order valence-corrected chi connectivity index (χ1v) is 7.61. The summed E-state index contributed by atoms with van der Waals surface area (Å²) in [5.41, 5.74) is 2.23. The smallest absolute Gasteiger partial charge is 0.0901 e. The van der Waals surface area contributed by atoms with Gasteiger partial charge < -0.3 is 5.32 Å². The number of hydrogen-bond donors (Lipinski definition) is 1. The Morgan fingerprint density at radius 3 is 2.84 bits per heavy atom. The molecule has 0 aliphatic carbocycles. The Kier molecular flexibility index (Phi) is 5.71. The molecule has 1 N–H and O–H groups in total. The second kappa shape index (κ2) is 7.30. The molecule has 0 amide bonds. The minimum Gasteiger partial charge on any atom is -0.301 e. The molecule has 0 saturated carbocycles. The van der Waals surface area contributed by atoms with Crippen LogP contribution in [0.2, 0.25) is 10.0 Å². The van der Waals surface area contributed by atoms with Gasteiger partial charge >= 0.3 is 0 Å². The molecular weight excluding hydrogens is 345 g/mol. The van der Waals surface area contributed by atoms with Crippen LogP contribution >= 0.6 is 39.1 Å². The van der Waals surface area contributed by atoms with Crippen LogP contribution in [0.4, 0.5) is 0 Å². The predicted molar refractivity (Wildman–Crippen MR) is 85.1 cm³/mol. The summed E-state index contributed by atoms with van der Waals surface area (Å²) in [6.07, 6.45) is 0.916. The topological polar surface area (TPSA) is 12.0 Å². The lowest BCUT2D eigenvalue weighted by Crippen LogP contribution is -2.19. The molecule has 2 aromatic carbocycles. The number of rotatable bonds is 5. The Labute approximate surface area is 132 Å². The van der Waals surface area contributed by atoms with Crippen LogP contribution in [0, 0.1) is 6.07 Å². The van der Waals surface area contributed by atoms with Crippen molar-refractivity contribution in [1.82, 2.24) is 5.32 Å². The highest BCUT2D eigenvalue weighted by Gasteiger charge is 2.09. The molecule has 0 spiro atoms. The molecule has 99 valence electrons. The normalized spacial score (nSPS) is 12.4. The Morgan fingerprint density at radius 2 is 2.11 bits per heavy atom. The molecule has 1 radical (unpaired) electrons. The summed E-state index contributed by atoms with van der Waals surface area (Å²) in [5, 5.41) is 4.86. The average Bonchev–Trinajstić information content (AvgIpc) is 2.39. The standard InChI is InChI=1S/C15H13BrCl2N/c16-15(13-6-1-2-7-14(13)18)19-9-8-11-4-3-5-12(17)10-11/h1,3-7,10,15,19H,8-9H2. The highest BCUT2D eigenvalue weighted by atomic mass is 79.9. The highest BCUT2D eigenvalue weighted by Crippen LogP contribution is 2.26. The highest BCUT2D eigenvalue weighted by molar-refractivity contribution is 9.09. The molecule has 0 bridgehead atoms. The molecule has 0 aliphatic heterocycles. The fraction of sp³-hybridized carbons (Fsp3) is 0.200. The summed E-state index contributed by atoms with van der Waals surface area (Å²) in [6.45, 7) is 0.838. The van der Waals surface area contributed by atoms with Gasteiger partial charge in [0.15, 0.2) is 0 Å². The third-order valence-electron chi connectivity index (χ3n) is 2.74. The number of halogens is 3. The summed E-state index contributed by atoms with van der Waals surface area (Å²) in [6, 6.07) is 16.4. The number of nitrogens with one attached hydrogen (secondary N) is 1. The SMILES string of the molecule is Clc1cccc(CCNC(Br)c2cc[c]cc2Cl)c1. The molecule has 4 heteroatoms. The van der Waals surface area contributed by atoms with Crippen molar-refractivity contribution in [3.8, 4) is 0 Å². The van der Waals surface area contributed by atoms with E-state index in [1.54, 1.807) is 6.07 Å². The van der Waals surface area contributed by atoms with Gasteiger partial charge in [0.05, 0.1) is 4.95 Å². The van der Waals surface area contributed by atoms with Crippen molar-refractivity contribution in [1.29, 1.82) is 0 Å². The first kappa shape index (κ1) is 14.9. The summed E-state index contributed by atoms with van der Waals surface area (Å²) >= 11 is 15.7. The van der Waals surface area contributed by atoms with Gasteiger partial charge in [-0.1, -0.05) is 63.4 Å². The van der Waals surface area contributed by atoms with Gasteiger partial charge in [-0.15, -0.1) is 0 Å². The van der Waals surface area contributed by atoms with Crippen LogP contribution < -0.4 is 5.32 Å². The van der Waals surface area contributed by atoms with E-state index in [-0.39, 0.29) is 4.95 Å². The third-order valence-corrected chi connectivity index (χ3v) is 4.12. The Bertz CT molecular complexity index is 545. The van der Waals surface area contributed by atoms with E-state index in [2.05, 4.69) is 33.4 Å². The zero-order valence-electron chi connectivity index (χ0n) is 10.2. The Hall–Kier alpha value is -0.540. The van der Waals surface area contributed by atoms with Crippen LogP contribution in [-0.4, -0.2) is 6.54 Å². The largest absolute Gasteiger partial charge is 0.301 e.